The van der Waals surface area contributed by atoms with Crippen LogP contribution in [0.2, 0.25) is 0 Å². The Morgan fingerprint density at radius 3 is 2.71 bits per heavy atom. The molecule has 17 heavy (non-hydrogen) atoms. The van der Waals surface area contributed by atoms with Gasteiger partial charge in [-0.2, -0.15) is 5.10 Å². The number of hydrogen-bond acceptors (Lipinski definition) is 4. The van der Waals surface area contributed by atoms with Crippen LogP contribution in [0.1, 0.15) is 28.9 Å². The second-order valence-corrected chi connectivity index (χ2v) is 3.68. The maximum absolute atomic E-state index is 11.5. The molecule has 1 aromatic rings. The Hall–Kier alpha value is -1.89. The quantitative estimate of drug-likeness (QED) is 0.676. The largest absolute Gasteiger partial charge is 0.477 e. The zero-order valence-electron chi connectivity index (χ0n) is 9.86. The number of nitrogens with one attached hydrogen (secondary N) is 1. The molecular formula is C10H16N4O3. The van der Waals surface area contributed by atoms with Gasteiger partial charge in [0.1, 0.15) is 11.4 Å². The van der Waals surface area contributed by atoms with Crippen LogP contribution in [0.5, 0.6) is 0 Å². The van der Waals surface area contributed by atoms with E-state index < -0.39 is 5.97 Å². The number of carboxylic acids is 1. The molecule has 7 nitrogen and oxygen atoms in total. The van der Waals surface area contributed by atoms with Crippen LogP contribution in [0.25, 0.3) is 0 Å². The number of aryl methyl sites for hydroxylation is 2. The first-order valence-corrected chi connectivity index (χ1v) is 5.24. The summed E-state index contributed by atoms with van der Waals surface area (Å²) < 4.78 is 1.35. The lowest BCUT2D eigenvalue weighted by atomic mass is 10.2. The maximum Gasteiger partial charge on any atom is 0.341 e. The lowest BCUT2D eigenvalue weighted by Gasteiger charge is -2.06. The number of carboxylic acid groups (broad SMARTS) is 1. The van der Waals surface area contributed by atoms with Crippen LogP contribution in [0.15, 0.2) is 0 Å². The molecule has 0 atom stereocenters. The fraction of sp³-hybridized carbons (Fsp3) is 0.500. The fourth-order valence-electron chi connectivity index (χ4n) is 1.51. The molecular weight excluding hydrogens is 224 g/mol. The van der Waals surface area contributed by atoms with Crippen molar-refractivity contribution in [2.45, 2.75) is 19.8 Å². The summed E-state index contributed by atoms with van der Waals surface area (Å²) in [5.74, 6) is -1.16. The highest BCUT2D eigenvalue weighted by molar-refractivity contribution is 6.00. The van der Waals surface area contributed by atoms with E-state index in [-0.39, 0.29) is 23.7 Å². The van der Waals surface area contributed by atoms with Gasteiger partial charge in [0.2, 0.25) is 5.91 Å². The van der Waals surface area contributed by atoms with Gasteiger partial charge < -0.3 is 16.2 Å². The molecule has 1 aromatic heterocycles. The molecule has 1 rings (SSSR count). The van der Waals surface area contributed by atoms with Crippen molar-refractivity contribution in [1.29, 1.82) is 0 Å². The van der Waals surface area contributed by atoms with Crippen LogP contribution in [0.3, 0.4) is 0 Å². The highest BCUT2D eigenvalue weighted by Crippen LogP contribution is 2.18. The van der Waals surface area contributed by atoms with E-state index in [0.717, 1.165) is 0 Å². The number of nitrogens with two attached hydrogens (primary N) is 1. The van der Waals surface area contributed by atoms with Crippen LogP contribution >= 0.6 is 0 Å². The van der Waals surface area contributed by atoms with Crippen LogP contribution in [-0.2, 0) is 11.8 Å². The number of hydrogen-bond donors (Lipinski definition) is 3. The Balaban J connectivity index is 2.90. The third-order valence-corrected chi connectivity index (χ3v) is 2.30. The van der Waals surface area contributed by atoms with E-state index in [2.05, 4.69) is 10.4 Å². The lowest BCUT2D eigenvalue weighted by Crippen LogP contribution is -2.17. The first kappa shape index (κ1) is 13.2. The summed E-state index contributed by atoms with van der Waals surface area (Å²) >= 11 is 0. The van der Waals surface area contributed by atoms with Crippen molar-refractivity contribution >= 4 is 17.7 Å². The molecule has 4 N–H and O–H groups in total. The number of amides is 1. The average molecular weight is 240 g/mol. The Morgan fingerprint density at radius 1 is 1.53 bits per heavy atom. The molecule has 0 aliphatic heterocycles. The van der Waals surface area contributed by atoms with E-state index in [1.165, 1.54) is 4.68 Å². The van der Waals surface area contributed by atoms with Crippen molar-refractivity contribution in [3.63, 3.8) is 0 Å². The third-order valence-electron chi connectivity index (χ3n) is 2.30. The number of rotatable bonds is 5. The molecule has 0 unspecified atom stereocenters. The van der Waals surface area contributed by atoms with E-state index in [0.29, 0.717) is 18.7 Å². The first-order chi connectivity index (χ1) is 7.97. The number of anilines is 1. The topological polar surface area (TPSA) is 110 Å². The van der Waals surface area contributed by atoms with Gasteiger partial charge in [0.15, 0.2) is 0 Å². The average Bonchev–Trinajstić information content (AvgIpc) is 2.51. The minimum Gasteiger partial charge on any atom is -0.477 e. The minimum atomic E-state index is -1.11. The molecule has 0 saturated heterocycles. The zero-order chi connectivity index (χ0) is 13.0. The molecule has 0 spiro atoms. The third kappa shape index (κ3) is 3.04. The molecule has 1 amide bonds. The first-order valence-electron chi connectivity index (χ1n) is 5.24. The smallest absolute Gasteiger partial charge is 0.341 e. The summed E-state index contributed by atoms with van der Waals surface area (Å²) in [4.78, 5) is 22.5. The molecule has 0 saturated carbocycles. The summed E-state index contributed by atoms with van der Waals surface area (Å²) in [6, 6.07) is 0. The van der Waals surface area contributed by atoms with E-state index in [1.54, 1.807) is 14.0 Å². The van der Waals surface area contributed by atoms with Gasteiger partial charge in [-0.15, -0.1) is 0 Å². The number of nitrogens with zero attached hydrogens (tertiary/aromatic N) is 2. The monoisotopic (exact) mass is 240 g/mol. The second kappa shape index (κ2) is 5.44. The molecule has 0 aliphatic rings. The van der Waals surface area contributed by atoms with Crippen LogP contribution in [0, 0.1) is 6.92 Å². The minimum absolute atomic E-state index is 0.0219. The van der Waals surface area contributed by atoms with Gasteiger partial charge in [0.25, 0.3) is 0 Å². The highest BCUT2D eigenvalue weighted by atomic mass is 16.4. The van der Waals surface area contributed by atoms with Crippen molar-refractivity contribution in [2.24, 2.45) is 12.8 Å². The molecule has 0 bridgehead atoms. The normalized spacial score (nSPS) is 10.3. The predicted molar refractivity (Wildman–Crippen MR) is 61.8 cm³/mol. The molecule has 7 heteroatoms. The molecule has 0 fully saturated rings. The van der Waals surface area contributed by atoms with Gasteiger partial charge in [0.05, 0.1) is 5.69 Å². The number of aromatic nitrogens is 2. The Morgan fingerprint density at radius 2 is 2.18 bits per heavy atom. The summed E-state index contributed by atoms with van der Waals surface area (Å²) in [5, 5.41) is 15.5. The number of aromatic carboxylic acids is 1. The van der Waals surface area contributed by atoms with Gasteiger partial charge in [-0.3, -0.25) is 9.48 Å². The maximum atomic E-state index is 11.5. The Bertz CT molecular complexity index is 439. The fourth-order valence-corrected chi connectivity index (χ4v) is 1.51. The van der Waals surface area contributed by atoms with E-state index in [1.807, 2.05) is 0 Å². The summed E-state index contributed by atoms with van der Waals surface area (Å²) in [7, 11) is 1.58. The molecule has 0 aliphatic carbocycles. The van der Waals surface area contributed by atoms with E-state index in [9.17, 15) is 9.59 Å². The Kier molecular flexibility index (Phi) is 4.22. The van der Waals surface area contributed by atoms with E-state index in [4.69, 9.17) is 10.8 Å². The SMILES string of the molecule is Cc1nn(C)c(NC(=O)CCCN)c1C(=O)O. The number of carbonyl (C=O) groups is 2. The number of carbonyl (C=O) groups excluding carboxylic acids is 1. The van der Waals surface area contributed by atoms with Gasteiger partial charge in [0, 0.05) is 13.5 Å². The van der Waals surface area contributed by atoms with Crippen LogP contribution < -0.4 is 11.1 Å². The van der Waals surface area contributed by atoms with Crippen molar-refractivity contribution in [3.05, 3.63) is 11.3 Å². The van der Waals surface area contributed by atoms with Crippen molar-refractivity contribution in [3.8, 4) is 0 Å². The molecule has 0 aromatic carbocycles. The van der Waals surface area contributed by atoms with Gasteiger partial charge >= 0.3 is 5.97 Å². The van der Waals surface area contributed by atoms with Crippen LogP contribution in [0.4, 0.5) is 5.82 Å². The van der Waals surface area contributed by atoms with Crippen molar-refractivity contribution in [2.75, 3.05) is 11.9 Å². The van der Waals surface area contributed by atoms with Crippen molar-refractivity contribution < 1.29 is 14.7 Å². The molecule has 94 valence electrons. The van der Waals surface area contributed by atoms with Crippen molar-refractivity contribution in [1.82, 2.24) is 9.78 Å². The Labute approximate surface area is 98.6 Å². The van der Waals surface area contributed by atoms with Gasteiger partial charge in [-0.25, -0.2) is 4.79 Å². The van der Waals surface area contributed by atoms with E-state index >= 15 is 0 Å². The molecule has 0 radical (unpaired) electrons. The standard InChI is InChI=1S/C10H16N4O3/c1-6-8(10(16)17)9(14(2)13-6)12-7(15)4-3-5-11/h3-5,11H2,1-2H3,(H,12,15)(H,16,17). The van der Waals surface area contributed by atoms with Gasteiger partial charge in [-0.05, 0) is 19.9 Å². The zero-order valence-corrected chi connectivity index (χ0v) is 9.86. The summed E-state index contributed by atoms with van der Waals surface area (Å²) in [6.07, 6.45) is 0.824. The van der Waals surface area contributed by atoms with Gasteiger partial charge in [-0.1, -0.05) is 0 Å². The lowest BCUT2D eigenvalue weighted by molar-refractivity contribution is -0.116. The summed E-state index contributed by atoms with van der Waals surface area (Å²) in [6.45, 7) is 2.00. The molecule has 1 heterocycles. The second-order valence-electron chi connectivity index (χ2n) is 3.68. The van der Waals surface area contributed by atoms with Crippen LogP contribution in [-0.4, -0.2) is 33.3 Å². The predicted octanol–water partition coefficient (Wildman–Crippen LogP) is 0.104. The summed E-state index contributed by atoms with van der Waals surface area (Å²) in [5.41, 5.74) is 5.68. The highest BCUT2D eigenvalue weighted by Gasteiger charge is 2.20.